The summed E-state index contributed by atoms with van der Waals surface area (Å²) in [4.78, 5) is 29.3. The highest BCUT2D eigenvalue weighted by atomic mass is 16.2. The average Bonchev–Trinajstić information content (AvgIpc) is 3.39. The highest BCUT2D eigenvalue weighted by Crippen LogP contribution is 2.51. The van der Waals surface area contributed by atoms with Crippen molar-refractivity contribution in [2.75, 3.05) is 11.9 Å². The van der Waals surface area contributed by atoms with Crippen LogP contribution in [0, 0.1) is 11.8 Å². The highest BCUT2D eigenvalue weighted by molar-refractivity contribution is 5.95. The van der Waals surface area contributed by atoms with Crippen molar-refractivity contribution in [2.24, 2.45) is 11.8 Å². The molecule has 1 saturated carbocycles. The monoisotopic (exact) mass is 479 g/mol. The summed E-state index contributed by atoms with van der Waals surface area (Å²) in [5.41, 5.74) is 4.24. The molecule has 3 aromatic carbocycles. The van der Waals surface area contributed by atoms with Crippen LogP contribution >= 0.6 is 0 Å². The number of nitrogens with zero attached hydrogens (tertiary/aromatic N) is 1. The zero-order chi connectivity index (χ0) is 24.5. The minimum atomic E-state index is -0.178. The molecule has 36 heavy (non-hydrogen) atoms. The molecule has 5 atom stereocenters. The molecule has 2 fully saturated rings. The lowest BCUT2D eigenvalue weighted by Crippen LogP contribution is -2.50. The lowest BCUT2D eigenvalue weighted by molar-refractivity contribution is -0.138. The number of nitrogens with one attached hydrogen (secondary N) is 2. The second kappa shape index (κ2) is 9.81. The van der Waals surface area contributed by atoms with Gasteiger partial charge >= 0.3 is 0 Å². The van der Waals surface area contributed by atoms with Crippen molar-refractivity contribution in [3.8, 4) is 0 Å². The third kappa shape index (κ3) is 4.17. The molecule has 6 rings (SSSR count). The quantitative estimate of drug-likeness (QED) is 0.502. The van der Waals surface area contributed by atoms with Crippen LogP contribution < -0.4 is 10.6 Å². The molecule has 0 aromatic heterocycles. The molecule has 2 amide bonds. The third-order valence-corrected chi connectivity index (χ3v) is 8.34. The molecular weight excluding hydrogens is 446 g/mol. The maximum atomic E-state index is 14.2. The van der Waals surface area contributed by atoms with Crippen molar-refractivity contribution in [3.05, 3.63) is 102 Å². The van der Waals surface area contributed by atoms with Crippen LogP contribution in [0.2, 0.25) is 0 Å². The number of carbonyl (C=O) groups excluding carboxylic acids is 2. The van der Waals surface area contributed by atoms with Crippen LogP contribution in [-0.4, -0.2) is 29.3 Å². The Morgan fingerprint density at radius 1 is 0.806 bits per heavy atom. The fourth-order valence-electron chi connectivity index (χ4n) is 6.62. The highest BCUT2D eigenvalue weighted by Gasteiger charge is 2.48. The van der Waals surface area contributed by atoms with Gasteiger partial charge in [0.1, 0.15) is 0 Å². The molecule has 1 saturated heterocycles. The van der Waals surface area contributed by atoms with E-state index in [1.54, 1.807) is 0 Å². The summed E-state index contributed by atoms with van der Waals surface area (Å²) in [5.74, 6) is 0.245. The van der Waals surface area contributed by atoms with Crippen molar-refractivity contribution >= 4 is 17.5 Å². The summed E-state index contributed by atoms with van der Waals surface area (Å²) in [7, 11) is 0. The predicted molar refractivity (Wildman–Crippen MR) is 141 cm³/mol. The molecule has 2 heterocycles. The van der Waals surface area contributed by atoms with Gasteiger partial charge in [-0.25, -0.2) is 0 Å². The molecule has 0 radical (unpaired) electrons. The zero-order valence-electron chi connectivity index (χ0n) is 20.5. The number of fused-ring (bicyclic) bond motifs is 3. The molecule has 2 N–H and O–H groups in total. The number of amides is 2. The summed E-state index contributed by atoms with van der Waals surface area (Å²) in [6.07, 6.45) is 4.71. The molecule has 0 spiro atoms. The third-order valence-electron chi connectivity index (χ3n) is 8.34. The average molecular weight is 480 g/mol. The lowest BCUT2D eigenvalue weighted by Gasteiger charge is -2.42. The van der Waals surface area contributed by atoms with Gasteiger partial charge in [0.2, 0.25) is 5.91 Å². The van der Waals surface area contributed by atoms with E-state index in [4.69, 9.17) is 0 Å². The Balaban J connectivity index is 1.28. The summed E-state index contributed by atoms with van der Waals surface area (Å²) < 4.78 is 0. The van der Waals surface area contributed by atoms with Crippen molar-refractivity contribution in [3.63, 3.8) is 0 Å². The van der Waals surface area contributed by atoms with Gasteiger partial charge in [0.05, 0.1) is 18.0 Å². The van der Waals surface area contributed by atoms with Crippen LogP contribution in [0.15, 0.2) is 84.9 Å². The lowest BCUT2D eigenvalue weighted by atomic mass is 9.79. The Bertz CT molecular complexity index is 1230. The summed E-state index contributed by atoms with van der Waals surface area (Å²) in [5, 5.41) is 7.00. The molecule has 3 unspecified atom stereocenters. The SMILES string of the molecule is O=C(N[C@H]1CCCC[C@@H]1C(=O)N1CCC2C(c3ccccc3)Nc3ccccc3C21)c1ccccc1. The Kier molecular flexibility index (Phi) is 6.22. The van der Waals surface area contributed by atoms with E-state index in [9.17, 15) is 9.59 Å². The van der Waals surface area contributed by atoms with Gasteiger partial charge in [0, 0.05) is 29.8 Å². The first-order valence-electron chi connectivity index (χ1n) is 13.3. The zero-order valence-corrected chi connectivity index (χ0v) is 20.5. The Labute approximate surface area is 212 Å². The van der Waals surface area contributed by atoms with Crippen molar-refractivity contribution in [1.29, 1.82) is 0 Å². The van der Waals surface area contributed by atoms with Gasteiger partial charge in [-0.2, -0.15) is 0 Å². The van der Waals surface area contributed by atoms with Gasteiger partial charge < -0.3 is 15.5 Å². The van der Waals surface area contributed by atoms with Crippen molar-refractivity contribution in [2.45, 2.75) is 50.2 Å². The number of rotatable bonds is 4. The molecule has 2 aliphatic heterocycles. The van der Waals surface area contributed by atoms with Crippen LogP contribution in [0.4, 0.5) is 5.69 Å². The maximum Gasteiger partial charge on any atom is 0.251 e. The Morgan fingerprint density at radius 2 is 1.50 bits per heavy atom. The molecule has 0 bridgehead atoms. The number of likely N-dealkylation sites (tertiary alicyclic amines) is 1. The van der Waals surface area contributed by atoms with Crippen LogP contribution in [0.25, 0.3) is 0 Å². The number of hydrogen-bond acceptors (Lipinski definition) is 3. The largest absolute Gasteiger partial charge is 0.378 e. The van der Waals surface area contributed by atoms with E-state index >= 15 is 0 Å². The van der Waals surface area contributed by atoms with Gasteiger partial charge in [-0.1, -0.05) is 79.6 Å². The summed E-state index contributed by atoms with van der Waals surface area (Å²) >= 11 is 0. The Hall–Kier alpha value is -3.60. The normalized spacial score (nSPS) is 26.9. The molecule has 3 aromatic rings. The van der Waals surface area contributed by atoms with Gasteiger partial charge in [0.25, 0.3) is 5.91 Å². The van der Waals surface area contributed by atoms with E-state index in [1.807, 2.05) is 30.3 Å². The molecule has 5 nitrogen and oxygen atoms in total. The minimum Gasteiger partial charge on any atom is -0.378 e. The second-order valence-electron chi connectivity index (χ2n) is 10.4. The topological polar surface area (TPSA) is 61.4 Å². The van der Waals surface area contributed by atoms with Crippen LogP contribution in [0.5, 0.6) is 0 Å². The van der Waals surface area contributed by atoms with E-state index in [2.05, 4.69) is 70.1 Å². The molecular formula is C31H33N3O2. The van der Waals surface area contributed by atoms with E-state index < -0.39 is 0 Å². The fraction of sp³-hybridized carbons (Fsp3) is 0.355. The number of benzene rings is 3. The van der Waals surface area contributed by atoms with Crippen LogP contribution in [0.1, 0.15) is 65.7 Å². The van der Waals surface area contributed by atoms with Gasteiger partial charge in [-0.15, -0.1) is 0 Å². The van der Waals surface area contributed by atoms with Gasteiger partial charge in [-0.05, 0) is 48.6 Å². The number of anilines is 1. The summed E-state index contributed by atoms with van der Waals surface area (Å²) in [6, 6.07) is 28.4. The van der Waals surface area contributed by atoms with E-state index in [0.29, 0.717) is 11.5 Å². The Morgan fingerprint density at radius 3 is 2.31 bits per heavy atom. The summed E-state index contributed by atoms with van der Waals surface area (Å²) in [6.45, 7) is 0.753. The predicted octanol–water partition coefficient (Wildman–Crippen LogP) is 5.73. The number of hydrogen-bond donors (Lipinski definition) is 2. The van der Waals surface area contributed by atoms with E-state index in [-0.39, 0.29) is 35.9 Å². The maximum absolute atomic E-state index is 14.2. The van der Waals surface area contributed by atoms with Crippen LogP contribution in [0.3, 0.4) is 0 Å². The smallest absolute Gasteiger partial charge is 0.251 e. The molecule has 5 heteroatoms. The second-order valence-corrected chi connectivity index (χ2v) is 10.4. The van der Waals surface area contributed by atoms with Gasteiger partial charge in [-0.3, -0.25) is 9.59 Å². The standard InChI is InChI=1S/C31H33N3O2/c35-30(22-13-5-2-6-14-22)33-27-18-10-8-16-24(27)31(36)34-20-19-25-28(21-11-3-1-4-12-21)32-26-17-9-7-15-23(26)29(25)34/h1-7,9,11-15,17,24-25,27-29,32H,8,10,16,18-20H2,(H,33,35)/t24-,25?,27-,28?,29?/m0/s1. The van der Waals surface area contributed by atoms with Crippen molar-refractivity contribution in [1.82, 2.24) is 10.2 Å². The fourth-order valence-corrected chi connectivity index (χ4v) is 6.62. The van der Waals surface area contributed by atoms with Gasteiger partial charge in [0.15, 0.2) is 0 Å². The molecule has 1 aliphatic carbocycles. The minimum absolute atomic E-state index is 0.0487. The first-order valence-corrected chi connectivity index (χ1v) is 13.3. The molecule has 184 valence electrons. The number of carbonyl (C=O) groups is 2. The molecule has 3 aliphatic rings. The van der Waals surface area contributed by atoms with E-state index in [0.717, 1.165) is 44.3 Å². The van der Waals surface area contributed by atoms with Crippen molar-refractivity contribution < 1.29 is 9.59 Å². The van der Waals surface area contributed by atoms with E-state index in [1.165, 1.54) is 11.1 Å². The first kappa shape index (κ1) is 22.8. The van der Waals surface area contributed by atoms with Crippen LogP contribution in [-0.2, 0) is 4.79 Å². The first-order chi connectivity index (χ1) is 17.7. The number of para-hydroxylation sites is 1.